The van der Waals surface area contributed by atoms with Crippen molar-refractivity contribution < 1.29 is 0 Å². The first-order chi connectivity index (χ1) is 4.22. The van der Waals surface area contributed by atoms with E-state index in [1.807, 2.05) is 6.08 Å². The van der Waals surface area contributed by atoms with Gasteiger partial charge in [0.25, 0.3) is 0 Å². The minimum absolute atomic E-state index is 0.451. The molecule has 0 saturated heterocycles. The highest BCUT2D eigenvalue weighted by atomic mass is 14.2. The Kier molecular flexibility index (Phi) is 3.79. The van der Waals surface area contributed by atoms with Crippen LogP contribution in [0.5, 0.6) is 0 Å². The molecule has 0 heterocycles. The van der Waals surface area contributed by atoms with Crippen molar-refractivity contribution in [3.8, 4) is 6.07 Å². The zero-order chi connectivity index (χ0) is 7.28. The molecule has 0 N–H and O–H groups in total. The summed E-state index contributed by atoms with van der Waals surface area (Å²) >= 11 is 0. The number of hydrogen-bond acceptors (Lipinski definition) is 1. The molecule has 0 fully saturated rings. The van der Waals surface area contributed by atoms with Gasteiger partial charge in [-0.25, -0.2) is 0 Å². The van der Waals surface area contributed by atoms with Crippen LogP contribution in [0.15, 0.2) is 12.7 Å². The monoisotopic (exact) mass is 123 g/mol. The topological polar surface area (TPSA) is 23.8 Å². The van der Waals surface area contributed by atoms with E-state index in [4.69, 9.17) is 5.26 Å². The fraction of sp³-hybridized carbons (Fsp3) is 0.625. The molecule has 0 spiro atoms. The van der Waals surface area contributed by atoms with Crippen molar-refractivity contribution in [1.82, 2.24) is 0 Å². The van der Waals surface area contributed by atoms with Crippen molar-refractivity contribution in [2.75, 3.05) is 0 Å². The largest absolute Gasteiger partial charge is 0.198 e. The van der Waals surface area contributed by atoms with E-state index < -0.39 is 0 Å². The average Bonchev–Trinajstić information content (AvgIpc) is 1.87. The second kappa shape index (κ2) is 4.14. The standard InChI is InChI=1S/C8H13N/c1-4-7(2)8(3)5-6-9/h4,7-8H,1,5H2,2-3H3/t7-,8-/m1/s1. The predicted octanol–water partition coefficient (Wildman–Crippen LogP) is 2.36. The highest BCUT2D eigenvalue weighted by molar-refractivity contribution is 4.84. The molecule has 1 heteroatoms. The number of nitrogens with zero attached hydrogens (tertiary/aromatic N) is 1. The van der Waals surface area contributed by atoms with E-state index in [2.05, 4.69) is 26.5 Å². The van der Waals surface area contributed by atoms with E-state index in [0.29, 0.717) is 18.3 Å². The summed E-state index contributed by atoms with van der Waals surface area (Å²) in [6, 6.07) is 2.13. The Morgan fingerprint density at radius 1 is 1.67 bits per heavy atom. The van der Waals surface area contributed by atoms with Crippen molar-refractivity contribution in [3.63, 3.8) is 0 Å². The summed E-state index contributed by atoms with van der Waals surface area (Å²) in [5.41, 5.74) is 0. The average molecular weight is 123 g/mol. The van der Waals surface area contributed by atoms with Gasteiger partial charge in [0, 0.05) is 6.42 Å². The van der Waals surface area contributed by atoms with Gasteiger partial charge < -0.3 is 0 Å². The molecule has 2 atom stereocenters. The molecule has 0 bridgehead atoms. The quantitative estimate of drug-likeness (QED) is 0.528. The van der Waals surface area contributed by atoms with Crippen LogP contribution in [0, 0.1) is 23.2 Å². The molecule has 0 aliphatic carbocycles. The second-order valence-electron chi connectivity index (χ2n) is 2.43. The van der Waals surface area contributed by atoms with Gasteiger partial charge in [0.15, 0.2) is 0 Å². The summed E-state index contributed by atoms with van der Waals surface area (Å²) in [6.45, 7) is 7.80. The summed E-state index contributed by atoms with van der Waals surface area (Å²) in [5.74, 6) is 0.914. The lowest BCUT2D eigenvalue weighted by molar-refractivity contribution is 0.470. The number of nitriles is 1. The zero-order valence-corrected chi connectivity index (χ0v) is 6.09. The van der Waals surface area contributed by atoms with E-state index in [0.717, 1.165) is 0 Å². The number of rotatable bonds is 3. The lowest BCUT2D eigenvalue weighted by atomic mass is 9.94. The molecule has 0 rings (SSSR count). The molecule has 0 saturated carbocycles. The minimum atomic E-state index is 0.451. The summed E-state index contributed by atoms with van der Waals surface area (Å²) in [7, 11) is 0. The van der Waals surface area contributed by atoms with Gasteiger partial charge in [-0.15, -0.1) is 6.58 Å². The molecule has 0 aliphatic heterocycles. The molecule has 9 heavy (non-hydrogen) atoms. The maximum absolute atomic E-state index is 8.30. The Labute approximate surface area is 57.0 Å². The van der Waals surface area contributed by atoms with E-state index in [-0.39, 0.29) is 0 Å². The first-order valence-corrected chi connectivity index (χ1v) is 3.22. The Bertz CT molecular complexity index is 121. The third-order valence-corrected chi connectivity index (χ3v) is 1.68. The summed E-state index contributed by atoms with van der Waals surface area (Å²) in [5, 5.41) is 8.30. The molecule has 0 aromatic carbocycles. The predicted molar refractivity (Wildman–Crippen MR) is 38.8 cm³/mol. The van der Waals surface area contributed by atoms with E-state index in [1.54, 1.807) is 0 Å². The normalized spacial score (nSPS) is 15.7. The van der Waals surface area contributed by atoms with Gasteiger partial charge in [0.05, 0.1) is 6.07 Å². The van der Waals surface area contributed by atoms with Crippen molar-refractivity contribution in [1.29, 1.82) is 5.26 Å². The molecule has 0 aromatic rings. The van der Waals surface area contributed by atoms with E-state index >= 15 is 0 Å². The summed E-state index contributed by atoms with van der Waals surface area (Å²) in [6.07, 6.45) is 2.52. The van der Waals surface area contributed by atoms with Crippen LogP contribution >= 0.6 is 0 Å². The van der Waals surface area contributed by atoms with Gasteiger partial charge in [-0.3, -0.25) is 0 Å². The molecule has 0 aliphatic rings. The zero-order valence-electron chi connectivity index (χ0n) is 6.09. The lowest BCUT2D eigenvalue weighted by Crippen LogP contribution is -2.02. The Hall–Kier alpha value is -0.770. The molecule has 0 unspecified atom stereocenters. The van der Waals surface area contributed by atoms with Crippen molar-refractivity contribution in [2.45, 2.75) is 20.3 Å². The third-order valence-electron chi connectivity index (χ3n) is 1.68. The van der Waals surface area contributed by atoms with Crippen LogP contribution in [0.25, 0.3) is 0 Å². The highest BCUT2D eigenvalue weighted by Crippen LogP contribution is 2.14. The van der Waals surface area contributed by atoms with Crippen LogP contribution in [-0.4, -0.2) is 0 Å². The summed E-state index contributed by atoms with van der Waals surface area (Å²) in [4.78, 5) is 0. The van der Waals surface area contributed by atoms with Crippen LogP contribution in [0.2, 0.25) is 0 Å². The van der Waals surface area contributed by atoms with Gasteiger partial charge in [-0.05, 0) is 11.8 Å². The fourth-order valence-electron chi connectivity index (χ4n) is 0.562. The number of allylic oxidation sites excluding steroid dienone is 1. The van der Waals surface area contributed by atoms with Crippen molar-refractivity contribution in [2.24, 2.45) is 11.8 Å². The first kappa shape index (κ1) is 8.23. The first-order valence-electron chi connectivity index (χ1n) is 3.22. The van der Waals surface area contributed by atoms with Crippen LogP contribution in [0.1, 0.15) is 20.3 Å². The second-order valence-corrected chi connectivity index (χ2v) is 2.43. The Morgan fingerprint density at radius 3 is 2.56 bits per heavy atom. The minimum Gasteiger partial charge on any atom is -0.198 e. The van der Waals surface area contributed by atoms with Gasteiger partial charge in [-0.1, -0.05) is 19.9 Å². The van der Waals surface area contributed by atoms with Crippen LogP contribution in [-0.2, 0) is 0 Å². The van der Waals surface area contributed by atoms with Gasteiger partial charge in [0.1, 0.15) is 0 Å². The van der Waals surface area contributed by atoms with E-state index in [9.17, 15) is 0 Å². The maximum Gasteiger partial charge on any atom is 0.0624 e. The van der Waals surface area contributed by atoms with E-state index in [1.165, 1.54) is 0 Å². The molecule has 0 amide bonds. The summed E-state index contributed by atoms with van der Waals surface area (Å²) < 4.78 is 0. The molecule has 0 aromatic heterocycles. The number of hydrogen-bond donors (Lipinski definition) is 0. The molecular weight excluding hydrogens is 110 g/mol. The molecule has 1 nitrogen and oxygen atoms in total. The smallest absolute Gasteiger partial charge is 0.0624 e. The SMILES string of the molecule is C=C[C@@H](C)[C@H](C)CC#N. The van der Waals surface area contributed by atoms with Crippen molar-refractivity contribution >= 4 is 0 Å². The van der Waals surface area contributed by atoms with Crippen molar-refractivity contribution in [3.05, 3.63) is 12.7 Å². The van der Waals surface area contributed by atoms with Crippen LogP contribution < -0.4 is 0 Å². The Balaban J connectivity index is 3.60. The van der Waals surface area contributed by atoms with Crippen LogP contribution in [0.3, 0.4) is 0 Å². The third kappa shape index (κ3) is 2.92. The molecular formula is C8H13N. The molecule has 0 radical (unpaired) electrons. The molecule has 50 valence electrons. The maximum atomic E-state index is 8.30. The fourth-order valence-corrected chi connectivity index (χ4v) is 0.562. The van der Waals surface area contributed by atoms with Gasteiger partial charge in [0.2, 0.25) is 0 Å². The van der Waals surface area contributed by atoms with Crippen LogP contribution in [0.4, 0.5) is 0 Å². The van der Waals surface area contributed by atoms with Gasteiger partial charge in [-0.2, -0.15) is 5.26 Å². The highest BCUT2D eigenvalue weighted by Gasteiger charge is 2.06. The van der Waals surface area contributed by atoms with Gasteiger partial charge >= 0.3 is 0 Å². The lowest BCUT2D eigenvalue weighted by Gasteiger charge is -2.10. The Morgan fingerprint density at radius 2 is 2.22 bits per heavy atom.